The summed E-state index contributed by atoms with van der Waals surface area (Å²) in [5.74, 6) is -0.575. The molecule has 0 aliphatic carbocycles. The molecule has 3 N–H and O–H groups in total. The highest BCUT2D eigenvalue weighted by atomic mass is 16.4. The van der Waals surface area contributed by atoms with Crippen LogP contribution < -0.4 is 10.2 Å². The second kappa shape index (κ2) is 9.02. The number of hydrogen-bond donors (Lipinski definition) is 3. The van der Waals surface area contributed by atoms with Gasteiger partial charge in [0.1, 0.15) is 5.82 Å². The summed E-state index contributed by atoms with van der Waals surface area (Å²) in [7, 11) is 0. The number of aryl methyl sites for hydroxylation is 1. The molecular formula is C27H26N4O3. The predicted molar refractivity (Wildman–Crippen MR) is 134 cm³/mol. The maximum atomic E-state index is 13.2. The fourth-order valence-electron chi connectivity index (χ4n) is 4.33. The average molecular weight is 455 g/mol. The quantitative estimate of drug-likeness (QED) is 0.371. The summed E-state index contributed by atoms with van der Waals surface area (Å²) in [6.45, 7) is 3.90. The smallest absolute Gasteiger partial charge is 0.335 e. The second-order valence-electron chi connectivity index (χ2n) is 8.76. The number of benzene rings is 3. The van der Waals surface area contributed by atoms with Gasteiger partial charge in [0, 0.05) is 35.6 Å². The molecule has 3 aromatic carbocycles. The molecule has 1 saturated heterocycles. The van der Waals surface area contributed by atoms with Crippen LogP contribution in [-0.2, 0) is 0 Å². The van der Waals surface area contributed by atoms with E-state index in [9.17, 15) is 14.7 Å². The highest BCUT2D eigenvalue weighted by Crippen LogP contribution is 2.29. The van der Waals surface area contributed by atoms with Crippen molar-refractivity contribution in [1.82, 2.24) is 9.97 Å². The lowest BCUT2D eigenvalue weighted by atomic mass is 10.0. The molecule has 0 atom stereocenters. The maximum absolute atomic E-state index is 13.2. The molecule has 1 aliphatic heterocycles. The van der Waals surface area contributed by atoms with Crippen molar-refractivity contribution in [1.29, 1.82) is 0 Å². The van der Waals surface area contributed by atoms with Crippen molar-refractivity contribution in [3.05, 3.63) is 77.4 Å². The van der Waals surface area contributed by atoms with Crippen LogP contribution in [0.2, 0.25) is 0 Å². The number of amides is 1. The zero-order valence-corrected chi connectivity index (χ0v) is 19.0. The van der Waals surface area contributed by atoms with E-state index < -0.39 is 5.97 Å². The molecule has 34 heavy (non-hydrogen) atoms. The maximum Gasteiger partial charge on any atom is 0.335 e. The van der Waals surface area contributed by atoms with Crippen molar-refractivity contribution in [3.8, 4) is 11.4 Å². The van der Waals surface area contributed by atoms with Crippen LogP contribution in [0.15, 0.2) is 60.7 Å². The summed E-state index contributed by atoms with van der Waals surface area (Å²) >= 11 is 0. The van der Waals surface area contributed by atoms with Gasteiger partial charge in [0.2, 0.25) is 0 Å². The zero-order chi connectivity index (χ0) is 23.7. The molecule has 1 aliphatic rings. The lowest BCUT2D eigenvalue weighted by Crippen LogP contribution is -2.29. The van der Waals surface area contributed by atoms with Gasteiger partial charge in [0.25, 0.3) is 5.91 Å². The number of carboxylic acid groups (broad SMARTS) is 1. The van der Waals surface area contributed by atoms with E-state index in [0.29, 0.717) is 22.4 Å². The van der Waals surface area contributed by atoms with E-state index >= 15 is 0 Å². The van der Waals surface area contributed by atoms with Gasteiger partial charge < -0.3 is 20.3 Å². The van der Waals surface area contributed by atoms with Crippen LogP contribution in [0.25, 0.3) is 22.4 Å². The van der Waals surface area contributed by atoms with Gasteiger partial charge in [-0.05, 0) is 74.7 Å². The van der Waals surface area contributed by atoms with Crippen molar-refractivity contribution < 1.29 is 14.7 Å². The molecule has 4 aromatic rings. The number of nitrogens with zero attached hydrogens (tertiary/aromatic N) is 2. The number of hydrogen-bond acceptors (Lipinski definition) is 4. The molecule has 172 valence electrons. The first kappa shape index (κ1) is 21.7. The Morgan fingerprint density at radius 2 is 1.71 bits per heavy atom. The van der Waals surface area contributed by atoms with Gasteiger partial charge in [-0.15, -0.1) is 0 Å². The van der Waals surface area contributed by atoms with Crippen molar-refractivity contribution in [2.75, 3.05) is 23.3 Å². The number of imidazole rings is 1. The third-order valence-electron chi connectivity index (χ3n) is 6.21. The first-order valence-corrected chi connectivity index (χ1v) is 11.5. The number of rotatable bonds is 5. The Morgan fingerprint density at radius 1 is 0.941 bits per heavy atom. The molecule has 0 spiro atoms. The lowest BCUT2D eigenvalue weighted by Gasteiger charge is -2.29. The Labute approximate surface area is 197 Å². The van der Waals surface area contributed by atoms with Crippen LogP contribution in [0.3, 0.4) is 0 Å². The van der Waals surface area contributed by atoms with Gasteiger partial charge in [-0.1, -0.05) is 17.7 Å². The van der Waals surface area contributed by atoms with Crippen LogP contribution in [-0.4, -0.2) is 40.0 Å². The number of anilines is 2. The SMILES string of the molecule is Cc1ccc(NC(=O)c2cc(-c3nc4ccc(C(=O)O)cc4[nH]3)cc(N3CCCCC3)c2)cc1. The number of aromatic carboxylic acids is 1. The van der Waals surface area contributed by atoms with Gasteiger partial charge >= 0.3 is 5.97 Å². The van der Waals surface area contributed by atoms with Gasteiger partial charge in [-0.3, -0.25) is 4.79 Å². The summed E-state index contributed by atoms with van der Waals surface area (Å²) in [5.41, 5.74) is 5.70. The number of carboxylic acids is 1. The van der Waals surface area contributed by atoms with Crippen LogP contribution in [0.1, 0.15) is 45.5 Å². The number of nitrogens with one attached hydrogen (secondary N) is 2. The Balaban J connectivity index is 1.54. The molecule has 1 amide bonds. The third kappa shape index (κ3) is 4.50. The van der Waals surface area contributed by atoms with E-state index in [1.807, 2.05) is 49.4 Å². The number of H-pyrrole nitrogens is 1. The standard InChI is InChI=1S/C27H26N4O3/c1-17-5-8-21(9-6-17)28-26(32)20-13-19(14-22(15-20)31-11-3-2-4-12-31)25-29-23-10-7-18(27(33)34)16-24(23)30-25/h5-10,13-16H,2-4,11-12H2,1H3,(H,28,32)(H,29,30)(H,33,34). The number of fused-ring (bicyclic) bond motifs is 1. The number of piperidine rings is 1. The fraction of sp³-hybridized carbons (Fsp3) is 0.222. The van der Waals surface area contributed by atoms with Gasteiger partial charge in [0.05, 0.1) is 16.6 Å². The summed E-state index contributed by atoms with van der Waals surface area (Å²) in [4.78, 5) is 34.7. The highest BCUT2D eigenvalue weighted by molar-refractivity contribution is 6.05. The Morgan fingerprint density at radius 3 is 2.44 bits per heavy atom. The van der Waals surface area contributed by atoms with Crippen LogP contribution in [0, 0.1) is 6.92 Å². The van der Waals surface area contributed by atoms with Crippen molar-refractivity contribution in [3.63, 3.8) is 0 Å². The molecule has 7 nitrogen and oxygen atoms in total. The van der Waals surface area contributed by atoms with E-state index in [4.69, 9.17) is 0 Å². The lowest BCUT2D eigenvalue weighted by molar-refractivity contribution is 0.0696. The summed E-state index contributed by atoms with van der Waals surface area (Å²) in [6.07, 6.45) is 3.46. The summed E-state index contributed by atoms with van der Waals surface area (Å²) < 4.78 is 0. The number of carbonyl (C=O) groups is 2. The largest absolute Gasteiger partial charge is 0.478 e. The van der Waals surface area contributed by atoms with Gasteiger partial charge in [0.15, 0.2) is 0 Å². The van der Waals surface area contributed by atoms with E-state index in [2.05, 4.69) is 20.2 Å². The van der Waals surface area contributed by atoms with Crippen LogP contribution in [0.5, 0.6) is 0 Å². The highest BCUT2D eigenvalue weighted by Gasteiger charge is 2.18. The van der Waals surface area contributed by atoms with E-state index in [0.717, 1.165) is 48.4 Å². The van der Waals surface area contributed by atoms with Gasteiger partial charge in [-0.2, -0.15) is 0 Å². The van der Waals surface area contributed by atoms with Crippen molar-refractivity contribution in [2.24, 2.45) is 0 Å². The monoisotopic (exact) mass is 454 g/mol. The molecule has 2 heterocycles. The molecule has 1 aromatic heterocycles. The van der Waals surface area contributed by atoms with E-state index in [1.54, 1.807) is 18.2 Å². The minimum Gasteiger partial charge on any atom is -0.478 e. The molecule has 1 fully saturated rings. The first-order chi connectivity index (χ1) is 16.5. The third-order valence-corrected chi connectivity index (χ3v) is 6.21. The first-order valence-electron chi connectivity index (χ1n) is 11.5. The Hall–Kier alpha value is -4.13. The predicted octanol–water partition coefficient (Wildman–Crippen LogP) is 5.48. The summed E-state index contributed by atoms with van der Waals surface area (Å²) in [5, 5.41) is 12.3. The summed E-state index contributed by atoms with van der Waals surface area (Å²) in [6, 6.07) is 18.3. The fourth-order valence-corrected chi connectivity index (χ4v) is 4.33. The van der Waals surface area contributed by atoms with Crippen molar-refractivity contribution in [2.45, 2.75) is 26.2 Å². The Bertz CT molecular complexity index is 1370. The molecule has 5 rings (SSSR count). The average Bonchev–Trinajstić information content (AvgIpc) is 3.29. The van der Waals surface area contributed by atoms with Crippen LogP contribution in [0.4, 0.5) is 11.4 Å². The molecular weight excluding hydrogens is 428 g/mol. The normalized spacial score (nSPS) is 13.7. The zero-order valence-electron chi connectivity index (χ0n) is 19.0. The number of carbonyl (C=O) groups excluding carboxylic acids is 1. The van der Waals surface area contributed by atoms with Gasteiger partial charge in [-0.25, -0.2) is 9.78 Å². The number of aromatic amines is 1. The molecule has 0 saturated carbocycles. The minimum absolute atomic E-state index is 0.187. The van der Waals surface area contributed by atoms with Crippen molar-refractivity contribution >= 4 is 34.3 Å². The molecule has 7 heteroatoms. The Kier molecular flexibility index (Phi) is 5.76. The van der Waals surface area contributed by atoms with E-state index in [-0.39, 0.29) is 11.5 Å². The van der Waals surface area contributed by atoms with Crippen LogP contribution >= 0.6 is 0 Å². The molecule has 0 unspecified atom stereocenters. The molecule has 0 radical (unpaired) electrons. The second-order valence-corrected chi connectivity index (χ2v) is 8.76. The number of aromatic nitrogens is 2. The topological polar surface area (TPSA) is 98.3 Å². The minimum atomic E-state index is -0.986. The van der Waals surface area contributed by atoms with E-state index in [1.165, 1.54) is 6.42 Å². The molecule has 0 bridgehead atoms.